The summed E-state index contributed by atoms with van der Waals surface area (Å²) in [6.07, 6.45) is 4.92. The van der Waals surface area contributed by atoms with Crippen LogP contribution in [0.25, 0.3) is 0 Å². The summed E-state index contributed by atoms with van der Waals surface area (Å²) in [6, 6.07) is 1.71. The Bertz CT molecular complexity index is 301. The third-order valence-corrected chi connectivity index (χ3v) is 2.01. The molecule has 66 valence electrons. The molecule has 0 radical (unpaired) electrons. The molecule has 0 atom stereocenters. The monoisotopic (exact) mass is 165 g/mol. The Morgan fingerprint density at radius 3 is 2.67 bits per heavy atom. The molecule has 0 aromatic carbocycles. The zero-order valence-electron chi connectivity index (χ0n) is 7.68. The van der Waals surface area contributed by atoms with Gasteiger partial charge in [-0.05, 0) is 24.0 Å². The first kappa shape index (κ1) is 9.04. The molecule has 1 rings (SSSR count). The lowest BCUT2D eigenvalue weighted by molar-refractivity contribution is 0.888. The fourth-order valence-electron chi connectivity index (χ4n) is 1.37. The van der Waals surface area contributed by atoms with Gasteiger partial charge in [-0.2, -0.15) is 0 Å². The summed E-state index contributed by atoms with van der Waals surface area (Å²) in [7, 11) is 0. The average molecular weight is 165 g/mol. The Hall–Kier alpha value is -1.05. The van der Waals surface area contributed by atoms with Gasteiger partial charge in [0.2, 0.25) is 5.56 Å². The molecule has 0 unspecified atom stereocenters. The molecule has 0 aliphatic heterocycles. The molecule has 0 saturated carbocycles. The van der Waals surface area contributed by atoms with E-state index in [1.807, 2.05) is 6.20 Å². The topological polar surface area (TPSA) is 32.9 Å². The van der Waals surface area contributed by atoms with Gasteiger partial charge in [0, 0.05) is 12.3 Å². The van der Waals surface area contributed by atoms with Crippen LogP contribution in [0, 0.1) is 0 Å². The fourth-order valence-corrected chi connectivity index (χ4v) is 1.37. The maximum atomic E-state index is 11.0. The summed E-state index contributed by atoms with van der Waals surface area (Å²) in [6.45, 7) is 4.23. The van der Waals surface area contributed by atoms with Crippen molar-refractivity contribution in [3.8, 4) is 0 Å². The molecule has 1 aromatic rings. The number of rotatable bonds is 3. The Balaban J connectivity index is 3.03. The van der Waals surface area contributed by atoms with Gasteiger partial charge < -0.3 is 4.98 Å². The number of hydrogen-bond acceptors (Lipinski definition) is 1. The van der Waals surface area contributed by atoms with Gasteiger partial charge in [0.1, 0.15) is 0 Å². The summed E-state index contributed by atoms with van der Waals surface area (Å²) in [5.74, 6) is 0. The zero-order valence-corrected chi connectivity index (χ0v) is 7.68. The maximum absolute atomic E-state index is 11.0. The van der Waals surface area contributed by atoms with Crippen molar-refractivity contribution in [3.05, 3.63) is 33.7 Å². The van der Waals surface area contributed by atoms with E-state index in [0.717, 1.165) is 19.3 Å². The van der Waals surface area contributed by atoms with Crippen LogP contribution in [0.4, 0.5) is 0 Å². The molecule has 2 nitrogen and oxygen atoms in total. The second-order valence-corrected chi connectivity index (χ2v) is 2.95. The Morgan fingerprint density at radius 2 is 2.08 bits per heavy atom. The van der Waals surface area contributed by atoms with Crippen LogP contribution in [-0.2, 0) is 12.8 Å². The molecule has 0 saturated heterocycles. The van der Waals surface area contributed by atoms with E-state index in [-0.39, 0.29) is 5.56 Å². The van der Waals surface area contributed by atoms with E-state index >= 15 is 0 Å². The Kier molecular flexibility index (Phi) is 3.09. The number of aromatic nitrogens is 1. The number of aromatic amines is 1. The highest BCUT2D eigenvalue weighted by molar-refractivity contribution is 5.23. The van der Waals surface area contributed by atoms with Gasteiger partial charge >= 0.3 is 0 Å². The number of H-pyrrole nitrogens is 1. The fraction of sp³-hybridized carbons (Fsp3) is 0.500. The van der Waals surface area contributed by atoms with Gasteiger partial charge in [0.15, 0.2) is 0 Å². The first-order valence-electron chi connectivity index (χ1n) is 4.48. The second-order valence-electron chi connectivity index (χ2n) is 2.95. The summed E-state index contributed by atoms with van der Waals surface area (Å²) >= 11 is 0. The van der Waals surface area contributed by atoms with Crippen molar-refractivity contribution in [1.82, 2.24) is 4.98 Å². The molecule has 2 heteroatoms. The van der Waals surface area contributed by atoms with Crippen LogP contribution >= 0.6 is 0 Å². The molecular formula is C10H15NO. The van der Waals surface area contributed by atoms with Crippen molar-refractivity contribution in [3.63, 3.8) is 0 Å². The van der Waals surface area contributed by atoms with Crippen LogP contribution < -0.4 is 5.56 Å². The highest BCUT2D eigenvalue weighted by Gasteiger charge is 1.99. The predicted molar refractivity (Wildman–Crippen MR) is 50.4 cm³/mol. The smallest absolute Gasteiger partial charge is 0.248 e. The van der Waals surface area contributed by atoms with Gasteiger partial charge in [-0.25, -0.2) is 0 Å². The minimum Gasteiger partial charge on any atom is -0.329 e. The van der Waals surface area contributed by atoms with Crippen molar-refractivity contribution < 1.29 is 0 Å². The standard InChI is InChI=1S/C10H15NO/c1-3-5-9-6-10(12)11-7-8(9)4-2/h6-7H,3-5H2,1-2H3,(H,11,12). The first-order valence-corrected chi connectivity index (χ1v) is 4.48. The zero-order chi connectivity index (χ0) is 8.97. The molecule has 12 heavy (non-hydrogen) atoms. The molecule has 0 aliphatic rings. The molecule has 1 heterocycles. The summed E-state index contributed by atoms with van der Waals surface area (Å²) < 4.78 is 0. The van der Waals surface area contributed by atoms with E-state index in [1.54, 1.807) is 6.07 Å². The molecule has 1 N–H and O–H groups in total. The highest BCUT2D eigenvalue weighted by atomic mass is 16.1. The molecule has 0 amide bonds. The van der Waals surface area contributed by atoms with Crippen LogP contribution in [-0.4, -0.2) is 4.98 Å². The lowest BCUT2D eigenvalue weighted by Crippen LogP contribution is -2.07. The van der Waals surface area contributed by atoms with E-state index in [1.165, 1.54) is 11.1 Å². The van der Waals surface area contributed by atoms with Crippen molar-refractivity contribution in [2.45, 2.75) is 33.1 Å². The van der Waals surface area contributed by atoms with E-state index in [4.69, 9.17) is 0 Å². The van der Waals surface area contributed by atoms with E-state index in [0.29, 0.717) is 0 Å². The van der Waals surface area contributed by atoms with Crippen molar-refractivity contribution in [2.24, 2.45) is 0 Å². The number of pyridine rings is 1. The normalized spacial score (nSPS) is 10.2. The minimum atomic E-state index is 0.00986. The van der Waals surface area contributed by atoms with Crippen molar-refractivity contribution in [2.75, 3.05) is 0 Å². The second kappa shape index (κ2) is 4.10. The number of nitrogens with one attached hydrogen (secondary N) is 1. The van der Waals surface area contributed by atoms with Gasteiger partial charge in [-0.3, -0.25) is 4.79 Å². The third-order valence-electron chi connectivity index (χ3n) is 2.01. The van der Waals surface area contributed by atoms with Crippen LogP contribution in [0.1, 0.15) is 31.4 Å². The average Bonchev–Trinajstić information content (AvgIpc) is 2.05. The van der Waals surface area contributed by atoms with Crippen molar-refractivity contribution in [1.29, 1.82) is 0 Å². The third kappa shape index (κ3) is 1.97. The van der Waals surface area contributed by atoms with Crippen LogP contribution in [0.5, 0.6) is 0 Å². The summed E-state index contributed by atoms with van der Waals surface area (Å²) in [5.41, 5.74) is 2.47. The molecule has 0 fully saturated rings. The van der Waals surface area contributed by atoms with Crippen LogP contribution in [0.2, 0.25) is 0 Å². The minimum absolute atomic E-state index is 0.00986. The molecule has 0 bridgehead atoms. The summed E-state index contributed by atoms with van der Waals surface area (Å²) in [4.78, 5) is 13.7. The van der Waals surface area contributed by atoms with Crippen molar-refractivity contribution >= 4 is 0 Å². The molecule has 1 aromatic heterocycles. The van der Waals surface area contributed by atoms with Gasteiger partial charge in [-0.1, -0.05) is 20.3 Å². The lowest BCUT2D eigenvalue weighted by atomic mass is 10.0. The maximum Gasteiger partial charge on any atom is 0.248 e. The quantitative estimate of drug-likeness (QED) is 0.729. The largest absolute Gasteiger partial charge is 0.329 e. The van der Waals surface area contributed by atoms with Crippen LogP contribution in [0.15, 0.2) is 17.1 Å². The number of aryl methyl sites for hydroxylation is 2. The predicted octanol–water partition coefficient (Wildman–Crippen LogP) is 1.89. The molecule has 0 aliphatic carbocycles. The van der Waals surface area contributed by atoms with E-state index in [2.05, 4.69) is 18.8 Å². The van der Waals surface area contributed by atoms with Crippen LogP contribution in [0.3, 0.4) is 0 Å². The SMILES string of the molecule is CCCc1cc(=O)[nH]cc1CC. The van der Waals surface area contributed by atoms with Gasteiger partial charge in [0.25, 0.3) is 0 Å². The first-order chi connectivity index (χ1) is 5.77. The Morgan fingerprint density at radius 1 is 1.33 bits per heavy atom. The van der Waals surface area contributed by atoms with E-state index in [9.17, 15) is 4.79 Å². The van der Waals surface area contributed by atoms with Gasteiger partial charge in [0.05, 0.1) is 0 Å². The molecular weight excluding hydrogens is 150 g/mol. The lowest BCUT2D eigenvalue weighted by Gasteiger charge is -2.04. The van der Waals surface area contributed by atoms with E-state index < -0.39 is 0 Å². The van der Waals surface area contributed by atoms with Gasteiger partial charge in [-0.15, -0.1) is 0 Å². The molecule has 0 spiro atoms. The number of hydrogen-bond donors (Lipinski definition) is 1. The highest BCUT2D eigenvalue weighted by Crippen LogP contribution is 2.07. The summed E-state index contributed by atoms with van der Waals surface area (Å²) in [5, 5.41) is 0. The Labute approximate surface area is 72.6 Å².